The van der Waals surface area contributed by atoms with Crippen LogP contribution in [0.25, 0.3) is 0 Å². The number of nitrogens with zero attached hydrogens (tertiary/aromatic N) is 1. The molecule has 0 radical (unpaired) electrons. The van der Waals surface area contributed by atoms with Gasteiger partial charge in [0, 0.05) is 10.2 Å². The number of carbonyl (C=O) groups is 4. The molecule has 1 aliphatic rings. The number of aromatic hydroxyl groups is 1. The highest BCUT2D eigenvalue weighted by molar-refractivity contribution is 9.10. The minimum Gasteiger partial charge on any atom is -0.508 e. The largest absolute Gasteiger partial charge is 0.508 e. The van der Waals surface area contributed by atoms with Crippen LogP contribution >= 0.6 is 15.9 Å². The summed E-state index contributed by atoms with van der Waals surface area (Å²) in [7, 11) is 0. The first-order chi connectivity index (χ1) is 15.0. The van der Waals surface area contributed by atoms with Gasteiger partial charge in [-0.3, -0.25) is 4.79 Å². The fraction of sp³-hybridized carbons (Fsp3) is 0.200. The van der Waals surface area contributed by atoms with E-state index in [4.69, 9.17) is 4.79 Å². The van der Waals surface area contributed by atoms with Crippen LogP contribution in [0.5, 0.6) is 5.75 Å². The van der Waals surface area contributed by atoms with Gasteiger partial charge in [-0.2, -0.15) is 5.01 Å². The van der Waals surface area contributed by atoms with Crippen molar-refractivity contribution in [2.45, 2.75) is 25.3 Å². The minimum absolute atomic E-state index is 0.160. The van der Waals surface area contributed by atoms with Crippen molar-refractivity contribution in [1.29, 1.82) is 0 Å². The van der Waals surface area contributed by atoms with E-state index in [1.165, 1.54) is 0 Å². The third-order valence-electron chi connectivity index (χ3n) is 4.43. The van der Waals surface area contributed by atoms with Gasteiger partial charge in [0.05, 0.1) is 0 Å². The molecule has 170 valence electrons. The summed E-state index contributed by atoms with van der Waals surface area (Å²) in [4.78, 5) is 46.0. The molecule has 2 aromatic rings. The van der Waals surface area contributed by atoms with Gasteiger partial charge in [-0.15, -0.1) is 0 Å². The monoisotopic (exact) mass is 506 g/mol. The van der Waals surface area contributed by atoms with Gasteiger partial charge in [0.2, 0.25) is 0 Å². The van der Waals surface area contributed by atoms with Crippen LogP contribution in [0.4, 0.5) is 20.1 Å². The second-order valence-corrected chi connectivity index (χ2v) is 7.96. The Hall–Kier alpha value is -3.80. The van der Waals surface area contributed by atoms with E-state index in [1.807, 2.05) is 0 Å². The number of hydrogen-bond acceptors (Lipinski definition) is 5. The van der Waals surface area contributed by atoms with Gasteiger partial charge in [0.15, 0.2) is 0 Å². The van der Waals surface area contributed by atoms with E-state index in [9.17, 15) is 19.5 Å². The number of benzene rings is 2. The van der Waals surface area contributed by atoms with E-state index >= 15 is 0 Å². The number of nitrogens with one attached hydrogen (secondary N) is 3. The summed E-state index contributed by atoms with van der Waals surface area (Å²) >= 11 is 3.30. The second-order valence-electron chi connectivity index (χ2n) is 7.04. The highest BCUT2D eigenvalue weighted by Crippen LogP contribution is 2.23. The fourth-order valence-electron chi connectivity index (χ4n) is 2.81. The Labute approximate surface area is 192 Å². The van der Waals surface area contributed by atoms with Crippen molar-refractivity contribution in [3.05, 3.63) is 58.6 Å². The van der Waals surface area contributed by atoms with Crippen LogP contribution < -0.4 is 27.5 Å². The van der Waals surface area contributed by atoms with E-state index < -0.39 is 29.5 Å². The van der Waals surface area contributed by atoms with Crippen LogP contribution in [-0.4, -0.2) is 39.7 Å². The van der Waals surface area contributed by atoms with Gasteiger partial charge in [-0.25, -0.2) is 19.8 Å². The molecule has 1 aliphatic heterocycles. The summed E-state index contributed by atoms with van der Waals surface area (Å²) in [5.74, 6) is -0.380. The normalized spacial score (nSPS) is 17.1. The zero-order valence-electron chi connectivity index (χ0n) is 17.1. The van der Waals surface area contributed by atoms with E-state index in [0.29, 0.717) is 23.5 Å². The van der Waals surface area contributed by atoms with E-state index in [2.05, 4.69) is 43.5 Å². The Morgan fingerprint density at radius 3 is 2.22 bits per heavy atom. The lowest BCUT2D eigenvalue weighted by Crippen LogP contribution is -2.50. The molecule has 1 saturated heterocycles. The number of nitrogens with two attached hydrogens (primary N) is 2. The Kier molecular flexibility index (Phi) is 8.02. The number of urea groups is 3. The maximum Gasteiger partial charge on any atom is 0.344 e. The lowest BCUT2D eigenvalue weighted by molar-refractivity contribution is -0.132. The number of aryl methyl sites for hydroxylation is 1. The summed E-state index contributed by atoms with van der Waals surface area (Å²) in [5, 5.41) is 15.2. The maximum atomic E-state index is 12.7. The molecule has 1 unspecified atom stereocenters. The van der Waals surface area contributed by atoms with Crippen molar-refractivity contribution < 1.29 is 24.3 Å². The topological polar surface area (TPSA) is 180 Å². The number of anilines is 1. The summed E-state index contributed by atoms with van der Waals surface area (Å²) in [6.45, 7) is 1.61. The Balaban J connectivity index is 0.000000837. The van der Waals surface area contributed by atoms with Crippen LogP contribution in [0, 0.1) is 0 Å². The Morgan fingerprint density at radius 2 is 1.66 bits per heavy atom. The number of hydrogen-bond donors (Lipinski definition) is 6. The van der Waals surface area contributed by atoms with E-state index in [1.54, 1.807) is 55.5 Å². The summed E-state index contributed by atoms with van der Waals surface area (Å²) in [6, 6.07) is 11.3. The van der Waals surface area contributed by atoms with Crippen LogP contribution in [0.15, 0.2) is 53.0 Å². The van der Waals surface area contributed by atoms with Gasteiger partial charge in [0.1, 0.15) is 11.3 Å². The molecule has 0 spiro atoms. The molecule has 7 amide bonds. The molecule has 11 nitrogen and oxygen atoms in total. The number of primary amides is 2. The van der Waals surface area contributed by atoms with Gasteiger partial charge in [0.25, 0.3) is 5.91 Å². The van der Waals surface area contributed by atoms with Crippen molar-refractivity contribution >= 4 is 45.6 Å². The summed E-state index contributed by atoms with van der Waals surface area (Å²) in [6.07, 6.45) is 0.858. The molecule has 0 aromatic heterocycles. The third-order valence-corrected chi connectivity index (χ3v) is 4.96. The molecule has 0 saturated carbocycles. The molecule has 32 heavy (non-hydrogen) atoms. The fourth-order valence-corrected chi connectivity index (χ4v) is 3.07. The molecule has 12 heteroatoms. The van der Waals surface area contributed by atoms with E-state index in [-0.39, 0.29) is 5.75 Å². The van der Waals surface area contributed by atoms with Crippen molar-refractivity contribution in [3.8, 4) is 5.75 Å². The average Bonchev–Trinajstić information content (AvgIpc) is 2.92. The predicted molar refractivity (Wildman–Crippen MR) is 120 cm³/mol. The number of halogens is 1. The molecule has 3 rings (SSSR count). The number of phenols is 1. The smallest absolute Gasteiger partial charge is 0.344 e. The highest BCUT2D eigenvalue weighted by Gasteiger charge is 2.48. The van der Waals surface area contributed by atoms with Crippen molar-refractivity contribution in [2.75, 3.05) is 5.32 Å². The van der Waals surface area contributed by atoms with Crippen molar-refractivity contribution in [3.63, 3.8) is 0 Å². The van der Waals surface area contributed by atoms with Gasteiger partial charge in [-0.1, -0.05) is 28.1 Å². The quantitative estimate of drug-likeness (QED) is 0.339. The second kappa shape index (κ2) is 10.5. The summed E-state index contributed by atoms with van der Waals surface area (Å²) < 4.78 is 0.858. The summed E-state index contributed by atoms with van der Waals surface area (Å²) in [5.41, 5.74) is 11.1. The molecule has 2 aromatic carbocycles. The van der Waals surface area contributed by atoms with Gasteiger partial charge in [-0.05, 0) is 61.7 Å². The molecular weight excluding hydrogens is 484 g/mol. The molecule has 8 N–H and O–H groups in total. The standard InChI is InChI=1S/C19H19BrN4O4.CH4N2O/c1-19(11-10-12-2-8-15(25)9-3-12)16(26)24(18(28)22-19)23-17(27)21-14-6-4-13(20)5-7-14;2-1(3)4/h2-9,25H,10-11H2,1H3,(H,22,28)(H2,21,23,27);(H4,2,3,4). The number of phenolic OH excluding ortho intramolecular Hbond substituents is 1. The first-order valence-electron chi connectivity index (χ1n) is 9.33. The number of carbonyl (C=O) groups excluding carboxylic acids is 4. The van der Waals surface area contributed by atoms with Crippen LogP contribution in [0.3, 0.4) is 0 Å². The predicted octanol–water partition coefficient (Wildman–Crippen LogP) is 2.16. The number of amides is 7. The molecule has 1 fully saturated rings. The van der Waals surface area contributed by atoms with Crippen molar-refractivity contribution in [2.24, 2.45) is 11.5 Å². The van der Waals surface area contributed by atoms with Crippen molar-refractivity contribution in [1.82, 2.24) is 15.8 Å². The number of imide groups is 1. The SMILES string of the molecule is CC1(CCc2ccc(O)cc2)NC(=O)N(NC(=O)Nc2ccc(Br)cc2)C1=O.NC(N)=O. The molecular formula is C20H23BrN6O5. The first-order valence-corrected chi connectivity index (χ1v) is 10.1. The maximum absolute atomic E-state index is 12.7. The molecule has 0 bridgehead atoms. The average molecular weight is 507 g/mol. The Morgan fingerprint density at radius 1 is 1.09 bits per heavy atom. The zero-order chi connectivity index (χ0) is 23.9. The Bertz CT molecular complexity index is 995. The third kappa shape index (κ3) is 6.87. The highest BCUT2D eigenvalue weighted by atomic mass is 79.9. The van der Waals surface area contributed by atoms with Crippen LogP contribution in [0.1, 0.15) is 18.9 Å². The molecule has 1 heterocycles. The lowest BCUT2D eigenvalue weighted by Gasteiger charge is -2.21. The van der Waals surface area contributed by atoms with Gasteiger partial charge < -0.3 is 27.2 Å². The minimum atomic E-state index is -1.14. The number of hydrazine groups is 1. The lowest BCUT2D eigenvalue weighted by atomic mass is 9.93. The van der Waals surface area contributed by atoms with Crippen LogP contribution in [-0.2, 0) is 11.2 Å². The molecule has 0 aliphatic carbocycles. The molecule has 1 atom stereocenters. The van der Waals surface area contributed by atoms with E-state index in [0.717, 1.165) is 10.0 Å². The zero-order valence-corrected chi connectivity index (χ0v) is 18.7. The first kappa shape index (κ1) is 24.5. The number of rotatable bonds is 5. The van der Waals surface area contributed by atoms with Gasteiger partial charge >= 0.3 is 18.1 Å². The van der Waals surface area contributed by atoms with Crippen LogP contribution in [0.2, 0.25) is 0 Å².